The molecule has 0 radical (unpaired) electrons. The van der Waals surface area contributed by atoms with Crippen LogP contribution in [-0.2, 0) is 0 Å². The molecule has 5 nitrogen and oxygen atoms in total. The van der Waals surface area contributed by atoms with Gasteiger partial charge in [-0.1, -0.05) is 6.07 Å². The summed E-state index contributed by atoms with van der Waals surface area (Å²) in [6, 6.07) is 5.64. The summed E-state index contributed by atoms with van der Waals surface area (Å²) in [7, 11) is 0. The van der Waals surface area contributed by atoms with Crippen molar-refractivity contribution in [1.82, 2.24) is 15.3 Å². The van der Waals surface area contributed by atoms with Crippen molar-refractivity contribution >= 4 is 11.9 Å². The Bertz CT molecular complexity index is 700. The highest BCUT2D eigenvalue weighted by atomic mass is 19.1. The van der Waals surface area contributed by atoms with Crippen LogP contribution in [0.2, 0.25) is 0 Å². The summed E-state index contributed by atoms with van der Waals surface area (Å²) < 4.78 is 26.0. The smallest absolute Gasteiger partial charge is 0.251 e. The van der Waals surface area contributed by atoms with Crippen molar-refractivity contribution in [3.8, 4) is 0 Å². The van der Waals surface area contributed by atoms with Crippen molar-refractivity contribution in [3.63, 3.8) is 0 Å². The molecule has 0 atom stereocenters. The molecule has 126 valence electrons. The lowest BCUT2D eigenvalue weighted by Gasteiger charge is -2.31. The van der Waals surface area contributed by atoms with Crippen LogP contribution in [0.3, 0.4) is 0 Å². The number of halogens is 2. The van der Waals surface area contributed by atoms with E-state index in [9.17, 15) is 13.6 Å². The van der Waals surface area contributed by atoms with Gasteiger partial charge in [-0.2, -0.15) is 0 Å². The van der Waals surface area contributed by atoms with Crippen molar-refractivity contribution < 1.29 is 13.6 Å². The van der Waals surface area contributed by atoms with Gasteiger partial charge in [0.2, 0.25) is 5.95 Å². The fraction of sp³-hybridized carbons (Fsp3) is 0.353. The van der Waals surface area contributed by atoms with Gasteiger partial charge >= 0.3 is 0 Å². The predicted octanol–water partition coefficient (Wildman–Crippen LogP) is 2.40. The summed E-state index contributed by atoms with van der Waals surface area (Å²) in [5.41, 5.74) is 0.326. The first-order valence-corrected chi connectivity index (χ1v) is 7.88. The van der Waals surface area contributed by atoms with E-state index in [0.717, 1.165) is 38.3 Å². The minimum atomic E-state index is -0.450. The molecule has 2 aromatic rings. The number of nitrogens with one attached hydrogen (secondary N) is 1. The lowest BCUT2D eigenvalue weighted by atomic mass is 9.97. The number of anilines is 1. The van der Waals surface area contributed by atoms with E-state index >= 15 is 0 Å². The minimum absolute atomic E-state index is 0.265. The van der Waals surface area contributed by atoms with E-state index in [1.807, 2.05) is 4.90 Å². The lowest BCUT2D eigenvalue weighted by Crippen LogP contribution is -2.39. The average molecular weight is 332 g/mol. The molecule has 1 aromatic carbocycles. The van der Waals surface area contributed by atoms with Crippen molar-refractivity contribution in [2.75, 3.05) is 24.5 Å². The largest absolute Gasteiger partial charge is 0.352 e. The molecule has 1 fully saturated rings. The van der Waals surface area contributed by atoms with E-state index in [4.69, 9.17) is 0 Å². The van der Waals surface area contributed by atoms with Crippen molar-refractivity contribution in [2.45, 2.75) is 12.8 Å². The Morgan fingerprint density at radius 1 is 1.17 bits per heavy atom. The number of carbonyl (C=O) groups is 1. The Morgan fingerprint density at radius 2 is 1.88 bits per heavy atom. The predicted molar refractivity (Wildman–Crippen MR) is 85.7 cm³/mol. The zero-order valence-electron chi connectivity index (χ0n) is 13.1. The van der Waals surface area contributed by atoms with E-state index in [-0.39, 0.29) is 5.91 Å². The zero-order chi connectivity index (χ0) is 16.9. The summed E-state index contributed by atoms with van der Waals surface area (Å²) >= 11 is 0. The number of carbonyl (C=O) groups excluding carboxylic acids is 1. The van der Waals surface area contributed by atoms with Crippen molar-refractivity contribution in [1.29, 1.82) is 0 Å². The lowest BCUT2D eigenvalue weighted by molar-refractivity contribution is 0.0944. The normalized spacial score (nSPS) is 15.3. The summed E-state index contributed by atoms with van der Waals surface area (Å²) in [5.74, 6) is -0.263. The monoisotopic (exact) mass is 332 g/mol. The number of piperidine rings is 1. The summed E-state index contributed by atoms with van der Waals surface area (Å²) in [6.07, 6.45) is 4.08. The molecular formula is C17H18F2N4O. The highest BCUT2D eigenvalue weighted by Crippen LogP contribution is 2.20. The molecule has 0 unspecified atom stereocenters. The first-order chi connectivity index (χ1) is 11.6. The van der Waals surface area contributed by atoms with E-state index in [2.05, 4.69) is 15.3 Å². The molecule has 24 heavy (non-hydrogen) atoms. The summed E-state index contributed by atoms with van der Waals surface area (Å²) in [4.78, 5) is 22.0. The first-order valence-electron chi connectivity index (χ1n) is 7.88. The molecular weight excluding hydrogens is 314 g/mol. The maximum absolute atomic E-state index is 13.1. The Kier molecular flexibility index (Phi) is 4.98. The van der Waals surface area contributed by atoms with Crippen LogP contribution in [0.25, 0.3) is 0 Å². The van der Waals surface area contributed by atoms with Gasteiger partial charge in [0, 0.05) is 25.2 Å². The van der Waals surface area contributed by atoms with Gasteiger partial charge in [0.1, 0.15) is 5.82 Å². The molecule has 0 aliphatic carbocycles. The fourth-order valence-corrected chi connectivity index (χ4v) is 2.77. The molecule has 1 aliphatic heterocycles. The van der Waals surface area contributed by atoms with Crippen molar-refractivity contribution in [2.24, 2.45) is 5.92 Å². The number of aromatic nitrogens is 2. The van der Waals surface area contributed by atoms with Crippen LogP contribution in [0.5, 0.6) is 0 Å². The molecule has 1 amide bonds. The van der Waals surface area contributed by atoms with Gasteiger partial charge in [-0.15, -0.1) is 0 Å². The third-order valence-electron chi connectivity index (χ3n) is 4.14. The topological polar surface area (TPSA) is 58.1 Å². The first kappa shape index (κ1) is 16.3. The van der Waals surface area contributed by atoms with Gasteiger partial charge < -0.3 is 10.2 Å². The Balaban J connectivity index is 1.47. The molecule has 7 heteroatoms. The van der Waals surface area contributed by atoms with Crippen LogP contribution in [0.15, 0.2) is 36.7 Å². The van der Waals surface area contributed by atoms with Gasteiger partial charge in [0.25, 0.3) is 5.91 Å². The Morgan fingerprint density at radius 3 is 2.54 bits per heavy atom. The molecule has 0 saturated carbocycles. The second-order valence-corrected chi connectivity index (χ2v) is 5.85. The van der Waals surface area contributed by atoms with Crippen LogP contribution in [0, 0.1) is 17.6 Å². The second kappa shape index (κ2) is 7.33. The molecule has 2 heterocycles. The molecule has 0 spiro atoms. The minimum Gasteiger partial charge on any atom is -0.352 e. The Hall–Kier alpha value is -2.57. The van der Waals surface area contributed by atoms with E-state index in [1.54, 1.807) is 6.07 Å². The van der Waals surface area contributed by atoms with Gasteiger partial charge in [-0.05, 0) is 37.0 Å². The van der Waals surface area contributed by atoms with Crippen LogP contribution in [0.4, 0.5) is 14.7 Å². The quantitative estimate of drug-likeness (QED) is 0.934. The SMILES string of the molecule is O=C(NCC1CCN(c2ncc(F)cn2)CC1)c1cccc(F)c1. The van der Waals surface area contributed by atoms with E-state index in [1.165, 1.54) is 18.2 Å². The number of amides is 1. The molecule has 1 aromatic heterocycles. The van der Waals surface area contributed by atoms with Crippen LogP contribution in [0.1, 0.15) is 23.2 Å². The average Bonchev–Trinajstić information content (AvgIpc) is 2.61. The molecule has 1 N–H and O–H groups in total. The summed E-state index contributed by atoms with van der Waals surface area (Å²) in [6.45, 7) is 2.06. The highest BCUT2D eigenvalue weighted by Gasteiger charge is 2.21. The molecule has 0 bridgehead atoms. The Labute approximate surface area is 138 Å². The van der Waals surface area contributed by atoms with Gasteiger partial charge in [-0.3, -0.25) is 4.79 Å². The fourth-order valence-electron chi connectivity index (χ4n) is 2.77. The summed E-state index contributed by atoms with van der Waals surface area (Å²) in [5, 5.41) is 2.85. The van der Waals surface area contributed by atoms with Gasteiger partial charge in [0.05, 0.1) is 12.4 Å². The van der Waals surface area contributed by atoms with E-state index < -0.39 is 11.6 Å². The van der Waals surface area contributed by atoms with Crippen LogP contribution in [-0.4, -0.2) is 35.5 Å². The van der Waals surface area contributed by atoms with Gasteiger partial charge in [-0.25, -0.2) is 18.7 Å². The van der Waals surface area contributed by atoms with Crippen LogP contribution < -0.4 is 10.2 Å². The third kappa shape index (κ3) is 4.04. The van der Waals surface area contributed by atoms with Crippen molar-refractivity contribution in [3.05, 3.63) is 53.9 Å². The number of rotatable bonds is 4. The number of benzene rings is 1. The number of nitrogens with zero attached hydrogens (tertiary/aromatic N) is 3. The second-order valence-electron chi connectivity index (χ2n) is 5.85. The van der Waals surface area contributed by atoms with E-state index in [0.29, 0.717) is 24.0 Å². The number of hydrogen-bond acceptors (Lipinski definition) is 4. The maximum atomic E-state index is 13.1. The molecule has 3 rings (SSSR count). The molecule has 1 saturated heterocycles. The molecule has 1 aliphatic rings. The van der Waals surface area contributed by atoms with Crippen LogP contribution >= 0.6 is 0 Å². The number of hydrogen-bond donors (Lipinski definition) is 1. The maximum Gasteiger partial charge on any atom is 0.251 e. The third-order valence-corrected chi connectivity index (χ3v) is 4.14. The van der Waals surface area contributed by atoms with Gasteiger partial charge in [0.15, 0.2) is 5.82 Å². The highest BCUT2D eigenvalue weighted by molar-refractivity contribution is 5.94. The standard InChI is InChI=1S/C17H18F2N4O/c18-14-3-1-2-13(8-14)16(24)20-9-12-4-6-23(7-5-12)17-21-10-15(19)11-22-17/h1-3,8,10-12H,4-7,9H2,(H,20,24). The zero-order valence-corrected chi connectivity index (χ0v) is 13.1.